The molecule has 1 aliphatic carbocycles. The van der Waals surface area contributed by atoms with E-state index in [1.165, 1.54) is 12.8 Å². The molecule has 12 nitrogen and oxygen atoms in total. The van der Waals surface area contributed by atoms with Crippen molar-refractivity contribution in [2.45, 2.75) is 102 Å². The summed E-state index contributed by atoms with van der Waals surface area (Å²) in [5.41, 5.74) is 0.921. The summed E-state index contributed by atoms with van der Waals surface area (Å²) < 4.78 is 6.41. The highest BCUT2D eigenvalue weighted by atomic mass is 16.5. The third kappa shape index (κ3) is 6.28. The molecule has 6 rings (SSSR count). The van der Waals surface area contributed by atoms with E-state index in [0.29, 0.717) is 42.0 Å². The number of nitrogens with one attached hydrogen (secondary N) is 2. The molecule has 4 aliphatic heterocycles. The van der Waals surface area contributed by atoms with E-state index in [2.05, 4.69) is 39.3 Å². The summed E-state index contributed by atoms with van der Waals surface area (Å²) in [5.74, 6) is 0.984. The van der Waals surface area contributed by atoms with Gasteiger partial charge in [-0.3, -0.25) is 19.4 Å². The standard InChI is InChI=1S/C34H52N8O4/c1-7-27-30(45)40(6)34(4)21-36-32(38-31(34)42(27)22-10-8-9-11-22)37-26-13-12-24(25-18-33(2,3)46-28(25)26)29(44)35-19-23(43)20-41-16-14-39(5)15-17-41/h12-13,21-23,27,31,43H,7-11,14-20H2,1-6H3,(H,35,44)(H,37,38)/t23-,27+,31?,34?/m0/s1. The predicted molar refractivity (Wildman–Crippen MR) is 180 cm³/mol. The van der Waals surface area contributed by atoms with Crippen LogP contribution in [0.4, 0.5) is 5.69 Å². The molecule has 4 atom stereocenters. The fourth-order valence-corrected chi connectivity index (χ4v) is 7.82. The van der Waals surface area contributed by atoms with Crippen LogP contribution in [0.25, 0.3) is 0 Å². The summed E-state index contributed by atoms with van der Waals surface area (Å²) in [5, 5.41) is 17.0. The van der Waals surface area contributed by atoms with E-state index in [1.807, 2.05) is 51.1 Å². The molecule has 12 heteroatoms. The third-order valence-electron chi connectivity index (χ3n) is 10.6. The van der Waals surface area contributed by atoms with Crippen molar-refractivity contribution in [2.75, 3.05) is 58.7 Å². The van der Waals surface area contributed by atoms with Crippen LogP contribution in [0.2, 0.25) is 0 Å². The van der Waals surface area contributed by atoms with Gasteiger partial charge in [0.1, 0.15) is 23.1 Å². The number of guanidine groups is 1. The van der Waals surface area contributed by atoms with Crippen LogP contribution in [-0.4, -0.2) is 138 Å². The molecule has 0 radical (unpaired) electrons. The minimum Gasteiger partial charge on any atom is -0.485 e. The number of amides is 2. The van der Waals surface area contributed by atoms with Crippen molar-refractivity contribution in [3.8, 4) is 5.75 Å². The second kappa shape index (κ2) is 12.9. The van der Waals surface area contributed by atoms with Crippen LogP contribution in [0.5, 0.6) is 5.75 Å². The molecule has 1 aromatic carbocycles. The average molecular weight is 637 g/mol. The van der Waals surface area contributed by atoms with Gasteiger partial charge in [-0.25, -0.2) is 9.98 Å². The summed E-state index contributed by atoms with van der Waals surface area (Å²) in [6, 6.07) is 3.77. The number of fused-ring (bicyclic) bond motifs is 2. The Morgan fingerprint density at radius 2 is 1.85 bits per heavy atom. The number of aliphatic hydroxyl groups is 1. The number of aliphatic imine (C=N–C) groups is 2. The number of β-amino-alcohol motifs (C(OH)–C–C–N with tert-alkyl or cyclic N) is 1. The van der Waals surface area contributed by atoms with Crippen molar-refractivity contribution in [3.05, 3.63) is 23.3 Å². The van der Waals surface area contributed by atoms with Gasteiger partial charge in [0.05, 0.1) is 17.8 Å². The van der Waals surface area contributed by atoms with Crippen molar-refractivity contribution in [1.82, 2.24) is 24.9 Å². The van der Waals surface area contributed by atoms with Gasteiger partial charge in [-0.05, 0) is 59.2 Å². The highest BCUT2D eigenvalue weighted by molar-refractivity contribution is 6.05. The van der Waals surface area contributed by atoms with Gasteiger partial charge in [-0.1, -0.05) is 19.8 Å². The van der Waals surface area contributed by atoms with Crippen LogP contribution in [0.3, 0.4) is 0 Å². The van der Waals surface area contributed by atoms with Crippen LogP contribution in [0.1, 0.15) is 75.7 Å². The van der Waals surface area contributed by atoms with E-state index in [9.17, 15) is 14.7 Å². The Balaban J connectivity index is 1.21. The largest absolute Gasteiger partial charge is 0.485 e. The lowest BCUT2D eigenvalue weighted by Crippen LogP contribution is -2.73. The van der Waals surface area contributed by atoms with E-state index in [-0.39, 0.29) is 30.6 Å². The number of ether oxygens (including phenoxy) is 1. The van der Waals surface area contributed by atoms with E-state index >= 15 is 0 Å². The molecule has 2 saturated heterocycles. The maximum atomic E-state index is 13.5. The number of nitrogens with zero attached hydrogens (tertiary/aromatic N) is 6. The molecule has 2 unspecified atom stereocenters. The second-order valence-corrected chi connectivity index (χ2v) is 14.6. The van der Waals surface area contributed by atoms with Crippen LogP contribution < -0.4 is 15.4 Å². The molecule has 5 aliphatic rings. The van der Waals surface area contributed by atoms with Gasteiger partial charge >= 0.3 is 0 Å². The number of carbonyl (C=O) groups is 2. The summed E-state index contributed by atoms with van der Waals surface area (Å²) in [4.78, 5) is 45.5. The number of hydrogen-bond donors (Lipinski definition) is 3. The Bertz CT molecular complexity index is 1380. The fraction of sp³-hybridized carbons (Fsp3) is 0.706. The number of benzene rings is 1. The summed E-state index contributed by atoms with van der Waals surface area (Å²) >= 11 is 0. The summed E-state index contributed by atoms with van der Waals surface area (Å²) in [6.07, 6.45) is 6.73. The van der Waals surface area contributed by atoms with Crippen molar-refractivity contribution in [2.24, 2.45) is 9.98 Å². The van der Waals surface area contributed by atoms with Gasteiger partial charge in [0.2, 0.25) is 11.9 Å². The monoisotopic (exact) mass is 636 g/mol. The molecule has 1 saturated carbocycles. The molecule has 3 N–H and O–H groups in total. The van der Waals surface area contributed by atoms with E-state index in [1.54, 1.807) is 0 Å². The van der Waals surface area contributed by atoms with Crippen molar-refractivity contribution in [3.63, 3.8) is 0 Å². The van der Waals surface area contributed by atoms with Gasteiger partial charge in [0.25, 0.3) is 5.91 Å². The highest BCUT2D eigenvalue weighted by Gasteiger charge is 2.55. The lowest BCUT2D eigenvalue weighted by molar-refractivity contribution is -0.154. The molecule has 4 heterocycles. The lowest BCUT2D eigenvalue weighted by Gasteiger charge is -2.55. The zero-order valence-corrected chi connectivity index (χ0v) is 28.4. The molecular weight excluding hydrogens is 584 g/mol. The first-order valence-electron chi connectivity index (χ1n) is 17.1. The zero-order valence-electron chi connectivity index (χ0n) is 28.4. The summed E-state index contributed by atoms with van der Waals surface area (Å²) in [7, 11) is 3.97. The minimum atomic E-state index is -0.659. The average Bonchev–Trinajstić information content (AvgIpc) is 3.67. The van der Waals surface area contributed by atoms with Crippen LogP contribution in [0.15, 0.2) is 22.1 Å². The maximum absolute atomic E-state index is 13.5. The Labute approximate surface area is 273 Å². The molecule has 46 heavy (non-hydrogen) atoms. The molecule has 3 fully saturated rings. The predicted octanol–water partition coefficient (Wildman–Crippen LogP) is 2.17. The number of carbonyl (C=O) groups excluding carboxylic acids is 2. The molecule has 252 valence electrons. The van der Waals surface area contributed by atoms with Crippen molar-refractivity contribution < 1.29 is 19.4 Å². The van der Waals surface area contributed by atoms with E-state index < -0.39 is 17.2 Å². The molecule has 0 aromatic heterocycles. The Hall–Kier alpha value is -3.06. The van der Waals surface area contributed by atoms with Gasteiger partial charge in [-0.2, -0.15) is 0 Å². The number of hydrogen-bond acceptors (Lipinski definition) is 10. The van der Waals surface area contributed by atoms with Gasteiger partial charge < -0.3 is 30.3 Å². The Morgan fingerprint density at radius 1 is 1.13 bits per heavy atom. The number of anilines is 1. The Morgan fingerprint density at radius 3 is 2.54 bits per heavy atom. The maximum Gasteiger partial charge on any atom is 0.251 e. The van der Waals surface area contributed by atoms with Crippen LogP contribution in [-0.2, 0) is 11.2 Å². The van der Waals surface area contributed by atoms with Crippen molar-refractivity contribution >= 4 is 29.7 Å². The Kier molecular flexibility index (Phi) is 9.19. The lowest BCUT2D eigenvalue weighted by atomic mass is 9.87. The minimum absolute atomic E-state index is 0.125. The molecule has 2 amide bonds. The smallest absolute Gasteiger partial charge is 0.251 e. The van der Waals surface area contributed by atoms with E-state index in [0.717, 1.165) is 51.0 Å². The van der Waals surface area contributed by atoms with Gasteiger partial charge in [-0.15, -0.1) is 0 Å². The topological polar surface area (TPSA) is 125 Å². The zero-order chi connectivity index (χ0) is 32.8. The highest BCUT2D eigenvalue weighted by Crippen LogP contribution is 2.43. The number of likely N-dealkylation sites (N-methyl/N-ethyl adjacent to an activating group) is 2. The quantitative estimate of drug-likeness (QED) is 0.397. The normalized spacial score (nSPS) is 29.2. The molecule has 0 bridgehead atoms. The fourth-order valence-electron chi connectivity index (χ4n) is 7.82. The first-order valence-corrected chi connectivity index (χ1v) is 17.1. The number of aliphatic hydroxyl groups excluding tert-OH is 1. The summed E-state index contributed by atoms with van der Waals surface area (Å²) in [6.45, 7) is 12.7. The molecular formula is C34H52N8O4. The molecule has 0 spiro atoms. The molecule has 1 aromatic rings. The number of rotatable bonds is 8. The van der Waals surface area contributed by atoms with Crippen LogP contribution >= 0.6 is 0 Å². The van der Waals surface area contributed by atoms with Gasteiger partial charge in [0.15, 0.2) is 0 Å². The van der Waals surface area contributed by atoms with Crippen molar-refractivity contribution in [1.29, 1.82) is 0 Å². The first kappa shape index (κ1) is 32.9. The van der Waals surface area contributed by atoms with E-state index in [4.69, 9.17) is 14.7 Å². The number of piperazine rings is 2. The van der Waals surface area contributed by atoms with Gasteiger partial charge in [0, 0.05) is 76.1 Å². The van der Waals surface area contributed by atoms with Crippen LogP contribution in [0, 0.1) is 0 Å². The third-order valence-corrected chi connectivity index (χ3v) is 10.6. The first-order chi connectivity index (χ1) is 21.9. The SMILES string of the molecule is CC[C@@H]1C(=O)N(C)C2(C)C=NC(Nc3ccc(C(=O)NC[C@H](O)CN4CCN(C)CC4)c4c3OC(C)(C)C4)=NC2N1C1CCCC1. The second-order valence-electron chi connectivity index (χ2n) is 14.6.